The van der Waals surface area contributed by atoms with Crippen molar-refractivity contribution in [1.82, 2.24) is 10.2 Å². The summed E-state index contributed by atoms with van der Waals surface area (Å²) in [5.41, 5.74) is 2.37. The molecule has 1 N–H and O–H groups in total. The van der Waals surface area contributed by atoms with Gasteiger partial charge in [0.2, 0.25) is 0 Å². The molecule has 1 heterocycles. The van der Waals surface area contributed by atoms with Gasteiger partial charge >= 0.3 is 0 Å². The summed E-state index contributed by atoms with van der Waals surface area (Å²) in [5, 5.41) is 3.18. The van der Waals surface area contributed by atoms with E-state index < -0.39 is 0 Å². The lowest BCUT2D eigenvalue weighted by Gasteiger charge is -2.31. The number of benzene rings is 1. The SMILES string of the molecule is Cc1ccc(C(C)N(C)C(=O)C2CNCCO2)cc1. The lowest BCUT2D eigenvalue weighted by molar-refractivity contribution is -0.145. The quantitative estimate of drug-likeness (QED) is 0.897. The normalized spacial score (nSPS) is 20.9. The molecule has 1 saturated heterocycles. The van der Waals surface area contributed by atoms with Crippen LogP contribution in [0.15, 0.2) is 24.3 Å². The monoisotopic (exact) mass is 262 g/mol. The molecular weight excluding hydrogens is 240 g/mol. The minimum Gasteiger partial charge on any atom is -0.366 e. The molecule has 0 radical (unpaired) electrons. The van der Waals surface area contributed by atoms with Gasteiger partial charge < -0.3 is 15.0 Å². The summed E-state index contributed by atoms with van der Waals surface area (Å²) in [6.45, 7) is 6.12. The van der Waals surface area contributed by atoms with Gasteiger partial charge in [-0.05, 0) is 19.4 Å². The van der Waals surface area contributed by atoms with Crippen LogP contribution in [0.5, 0.6) is 0 Å². The maximum Gasteiger partial charge on any atom is 0.253 e. The number of ether oxygens (including phenoxy) is 1. The lowest BCUT2D eigenvalue weighted by atomic mass is 10.0. The number of morpholine rings is 1. The zero-order chi connectivity index (χ0) is 13.8. The summed E-state index contributed by atoms with van der Waals surface area (Å²) in [6, 6.07) is 8.35. The molecule has 0 aromatic heterocycles. The Bertz CT molecular complexity index is 424. The van der Waals surface area contributed by atoms with Crippen LogP contribution in [-0.4, -0.2) is 43.7 Å². The second-order valence-electron chi connectivity index (χ2n) is 5.10. The van der Waals surface area contributed by atoms with Gasteiger partial charge in [-0.3, -0.25) is 4.79 Å². The fourth-order valence-electron chi connectivity index (χ4n) is 2.21. The number of likely N-dealkylation sites (N-methyl/N-ethyl adjacent to an activating group) is 1. The largest absolute Gasteiger partial charge is 0.366 e. The van der Waals surface area contributed by atoms with Crippen molar-refractivity contribution in [3.8, 4) is 0 Å². The van der Waals surface area contributed by atoms with Crippen LogP contribution in [0, 0.1) is 6.92 Å². The van der Waals surface area contributed by atoms with E-state index in [-0.39, 0.29) is 18.1 Å². The number of hydrogen-bond donors (Lipinski definition) is 1. The Morgan fingerprint density at radius 2 is 2.11 bits per heavy atom. The van der Waals surface area contributed by atoms with Crippen LogP contribution >= 0.6 is 0 Å². The van der Waals surface area contributed by atoms with Gasteiger partial charge in [0, 0.05) is 20.1 Å². The van der Waals surface area contributed by atoms with E-state index in [0.717, 1.165) is 12.1 Å². The second-order valence-corrected chi connectivity index (χ2v) is 5.10. The molecule has 0 spiro atoms. The molecule has 2 atom stereocenters. The molecule has 0 saturated carbocycles. The van der Waals surface area contributed by atoms with Crippen LogP contribution in [0.1, 0.15) is 24.1 Å². The Morgan fingerprint density at radius 3 is 2.68 bits per heavy atom. The van der Waals surface area contributed by atoms with E-state index in [1.807, 2.05) is 14.0 Å². The molecule has 0 aliphatic carbocycles. The highest BCUT2D eigenvalue weighted by atomic mass is 16.5. The fourth-order valence-corrected chi connectivity index (χ4v) is 2.21. The van der Waals surface area contributed by atoms with E-state index in [0.29, 0.717) is 13.2 Å². The molecule has 2 rings (SSSR count). The molecule has 19 heavy (non-hydrogen) atoms. The number of carbonyl (C=O) groups is 1. The van der Waals surface area contributed by atoms with Crippen molar-refractivity contribution in [2.24, 2.45) is 0 Å². The third-order valence-electron chi connectivity index (χ3n) is 3.69. The summed E-state index contributed by atoms with van der Waals surface area (Å²) < 4.78 is 5.51. The predicted molar refractivity (Wildman–Crippen MR) is 75.0 cm³/mol. The minimum atomic E-state index is -0.355. The third-order valence-corrected chi connectivity index (χ3v) is 3.69. The van der Waals surface area contributed by atoms with Crippen LogP contribution in [0.2, 0.25) is 0 Å². The van der Waals surface area contributed by atoms with Gasteiger partial charge in [-0.15, -0.1) is 0 Å². The van der Waals surface area contributed by atoms with Crippen molar-refractivity contribution in [1.29, 1.82) is 0 Å². The lowest BCUT2D eigenvalue weighted by Crippen LogP contribution is -2.48. The number of hydrogen-bond acceptors (Lipinski definition) is 3. The summed E-state index contributed by atoms with van der Waals surface area (Å²) in [7, 11) is 1.84. The molecule has 1 aliphatic rings. The van der Waals surface area contributed by atoms with E-state index in [1.165, 1.54) is 5.56 Å². The maximum atomic E-state index is 12.3. The number of nitrogens with zero attached hydrogens (tertiary/aromatic N) is 1. The van der Waals surface area contributed by atoms with E-state index >= 15 is 0 Å². The van der Waals surface area contributed by atoms with Gasteiger partial charge in [0.05, 0.1) is 12.6 Å². The Balaban J connectivity index is 2.03. The summed E-state index contributed by atoms with van der Waals surface area (Å²) in [4.78, 5) is 14.1. The summed E-state index contributed by atoms with van der Waals surface area (Å²) in [5.74, 6) is 0.0419. The first kappa shape index (κ1) is 14.0. The molecule has 4 heteroatoms. The number of carbonyl (C=O) groups excluding carboxylic acids is 1. The van der Waals surface area contributed by atoms with Crippen molar-refractivity contribution in [3.63, 3.8) is 0 Å². The molecular formula is C15H22N2O2. The van der Waals surface area contributed by atoms with Crippen molar-refractivity contribution >= 4 is 5.91 Å². The van der Waals surface area contributed by atoms with Gasteiger partial charge in [0.15, 0.2) is 0 Å². The van der Waals surface area contributed by atoms with E-state index in [4.69, 9.17) is 4.74 Å². The van der Waals surface area contributed by atoms with Crippen LogP contribution in [-0.2, 0) is 9.53 Å². The van der Waals surface area contributed by atoms with Crippen LogP contribution < -0.4 is 5.32 Å². The second kappa shape index (κ2) is 6.17. The molecule has 2 unspecified atom stereocenters. The summed E-state index contributed by atoms with van der Waals surface area (Å²) in [6.07, 6.45) is -0.355. The highest BCUT2D eigenvalue weighted by Crippen LogP contribution is 2.20. The van der Waals surface area contributed by atoms with Gasteiger partial charge in [-0.25, -0.2) is 0 Å². The summed E-state index contributed by atoms with van der Waals surface area (Å²) >= 11 is 0. The minimum absolute atomic E-state index is 0.0419. The standard InChI is InChI=1S/C15H22N2O2/c1-11-4-6-13(7-5-11)12(2)17(3)15(18)14-10-16-8-9-19-14/h4-7,12,14,16H,8-10H2,1-3H3. The number of nitrogens with one attached hydrogen (secondary N) is 1. The fraction of sp³-hybridized carbons (Fsp3) is 0.533. The van der Waals surface area contributed by atoms with E-state index in [2.05, 4.69) is 36.5 Å². The van der Waals surface area contributed by atoms with Crippen molar-refractivity contribution in [3.05, 3.63) is 35.4 Å². The molecule has 4 nitrogen and oxygen atoms in total. The highest BCUT2D eigenvalue weighted by molar-refractivity contribution is 5.81. The molecule has 1 aromatic carbocycles. The van der Waals surface area contributed by atoms with Gasteiger partial charge in [0.1, 0.15) is 6.10 Å². The first-order valence-corrected chi connectivity index (χ1v) is 6.75. The molecule has 1 amide bonds. The highest BCUT2D eigenvalue weighted by Gasteiger charge is 2.27. The van der Waals surface area contributed by atoms with Crippen molar-refractivity contribution in [2.75, 3.05) is 26.7 Å². The van der Waals surface area contributed by atoms with Gasteiger partial charge in [0.25, 0.3) is 5.91 Å². The Morgan fingerprint density at radius 1 is 1.42 bits per heavy atom. The first-order valence-electron chi connectivity index (χ1n) is 6.75. The average molecular weight is 262 g/mol. The van der Waals surface area contributed by atoms with Crippen LogP contribution in [0.3, 0.4) is 0 Å². The number of aryl methyl sites for hydroxylation is 1. The Labute approximate surface area is 114 Å². The van der Waals surface area contributed by atoms with Gasteiger partial charge in [-0.2, -0.15) is 0 Å². The van der Waals surface area contributed by atoms with Crippen LogP contribution in [0.4, 0.5) is 0 Å². The van der Waals surface area contributed by atoms with E-state index in [1.54, 1.807) is 4.90 Å². The first-order chi connectivity index (χ1) is 9.09. The Kier molecular flexibility index (Phi) is 4.56. The molecule has 1 aliphatic heterocycles. The van der Waals surface area contributed by atoms with Gasteiger partial charge in [-0.1, -0.05) is 29.8 Å². The predicted octanol–water partition coefficient (Wildman–Crippen LogP) is 1.50. The van der Waals surface area contributed by atoms with E-state index in [9.17, 15) is 4.79 Å². The molecule has 104 valence electrons. The smallest absolute Gasteiger partial charge is 0.253 e. The average Bonchev–Trinajstić information content (AvgIpc) is 2.46. The Hall–Kier alpha value is -1.39. The third kappa shape index (κ3) is 3.33. The topological polar surface area (TPSA) is 41.6 Å². The molecule has 1 fully saturated rings. The van der Waals surface area contributed by atoms with Crippen molar-refractivity contribution in [2.45, 2.75) is 26.0 Å². The molecule has 1 aromatic rings. The zero-order valence-electron chi connectivity index (χ0n) is 11.8. The molecule has 0 bridgehead atoms. The number of rotatable bonds is 3. The van der Waals surface area contributed by atoms with Crippen molar-refractivity contribution < 1.29 is 9.53 Å². The zero-order valence-corrected chi connectivity index (χ0v) is 11.8. The van der Waals surface area contributed by atoms with Crippen LogP contribution in [0.25, 0.3) is 0 Å². The maximum absolute atomic E-state index is 12.3. The number of amides is 1.